The van der Waals surface area contributed by atoms with Crippen molar-refractivity contribution in [2.24, 2.45) is 5.73 Å². The highest BCUT2D eigenvalue weighted by Crippen LogP contribution is 2.13. The number of primary amides is 1. The summed E-state index contributed by atoms with van der Waals surface area (Å²) < 4.78 is 4.31. The molecule has 16 heavy (non-hydrogen) atoms. The van der Waals surface area contributed by atoms with Crippen LogP contribution in [0.3, 0.4) is 0 Å². The van der Waals surface area contributed by atoms with Crippen molar-refractivity contribution in [3.05, 3.63) is 0 Å². The van der Waals surface area contributed by atoms with Crippen molar-refractivity contribution >= 4 is 23.9 Å². The number of carbonyl (C=O) groups is 4. The quantitative estimate of drug-likeness (QED) is 0.626. The summed E-state index contributed by atoms with van der Waals surface area (Å²) in [6, 6.07) is 0. The molecular formula is C8H10N2O6. The molecule has 1 heterocycles. The van der Waals surface area contributed by atoms with Crippen molar-refractivity contribution in [1.82, 2.24) is 5.06 Å². The van der Waals surface area contributed by atoms with E-state index in [9.17, 15) is 19.2 Å². The van der Waals surface area contributed by atoms with Gasteiger partial charge in [0.25, 0.3) is 11.8 Å². The minimum absolute atomic E-state index is 0.00281. The molecule has 3 amide bonds. The zero-order chi connectivity index (χ0) is 12.3. The van der Waals surface area contributed by atoms with E-state index in [0.29, 0.717) is 5.06 Å². The lowest BCUT2D eigenvalue weighted by atomic mass is 10.4. The minimum atomic E-state index is -1.28. The van der Waals surface area contributed by atoms with Gasteiger partial charge in [-0.2, -0.15) is 0 Å². The predicted molar refractivity (Wildman–Crippen MR) is 47.3 cm³/mol. The number of carbonyl (C=O) groups excluding carboxylic acids is 4. The lowest BCUT2D eigenvalue weighted by Crippen LogP contribution is -2.37. The number of nitrogens with zero attached hydrogens (tertiary/aromatic N) is 1. The molecule has 1 saturated heterocycles. The molecule has 0 aromatic heterocycles. The Morgan fingerprint density at radius 2 is 1.81 bits per heavy atom. The number of hydrogen-bond acceptors (Lipinski definition) is 6. The molecule has 1 unspecified atom stereocenters. The van der Waals surface area contributed by atoms with Gasteiger partial charge in [0.05, 0.1) is 0 Å². The number of amides is 3. The van der Waals surface area contributed by atoms with Crippen molar-refractivity contribution in [3.8, 4) is 0 Å². The van der Waals surface area contributed by atoms with Crippen LogP contribution in [-0.2, 0) is 24.0 Å². The number of ether oxygens (including phenoxy) is 1. The summed E-state index contributed by atoms with van der Waals surface area (Å²) in [4.78, 5) is 48.1. The molecule has 0 aromatic rings. The number of nitrogens with two attached hydrogens (primary N) is 1. The Balaban J connectivity index is 2.53. The summed E-state index contributed by atoms with van der Waals surface area (Å²) in [5.74, 6) is -2.25. The second-order valence-corrected chi connectivity index (χ2v) is 3.07. The van der Waals surface area contributed by atoms with Crippen LogP contribution in [0.15, 0.2) is 0 Å². The first kappa shape index (κ1) is 12.0. The predicted octanol–water partition coefficient (Wildman–Crippen LogP) is -0.923. The van der Waals surface area contributed by atoms with Gasteiger partial charge in [0.1, 0.15) is 0 Å². The zero-order valence-corrected chi connectivity index (χ0v) is 8.47. The highest BCUT2D eigenvalue weighted by Gasteiger charge is 2.34. The van der Waals surface area contributed by atoms with Crippen molar-refractivity contribution in [1.29, 1.82) is 0 Å². The number of rotatable bonds is 3. The molecule has 0 aromatic carbocycles. The molecule has 8 nitrogen and oxygen atoms in total. The largest absolute Gasteiger partial charge is 0.435 e. The average molecular weight is 230 g/mol. The maximum Gasteiger partial charge on any atom is 0.405 e. The van der Waals surface area contributed by atoms with Crippen LogP contribution in [0.1, 0.15) is 19.8 Å². The summed E-state index contributed by atoms with van der Waals surface area (Å²) >= 11 is 0. The van der Waals surface area contributed by atoms with Gasteiger partial charge in [-0.15, -0.1) is 5.06 Å². The summed E-state index contributed by atoms with van der Waals surface area (Å²) in [6.07, 6.45) is -2.43. The monoisotopic (exact) mass is 230 g/mol. The van der Waals surface area contributed by atoms with Gasteiger partial charge in [0.2, 0.25) is 0 Å². The van der Waals surface area contributed by atoms with Crippen molar-refractivity contribution in [2.75, 3.05) is 0 Å². The molecule has 0 aliphatic carbocycles. The van der Waals surface area contributed by atoms with Crippen LogP contribution in [0.4, 0.5) is 4.79 Å². The Morgan fingerprint density at radius 1 is 1.31 bits per heavy atom. The highest BCUT2D eigenvalue weighted by atomic mass is 16.7. The fourth-order valence-corrected chi connectivity index (χ4v) is 1.04. The van der Waals surface area contributed by atoms with E-state index >= 15 is 0 Å². The summed E-state index contributed by atoms with van der Waals surface area (Å²) in [5.41, 5.74) is 4.68. The summed E-state index contributed by atoms with van der Waals surface area (Å²) in [5, 5.41) is 0.364. The lowest BCUT2D eigenvalue weighted by molar-refractivity contribution is -0.202. The summed E-state index contributed by atoms with van der Waals surface area (Å²) in [6.45, 7) is 1.21. The van der Waals surface area contributed by atoms with Crippen molar-refractivity contribution in [3.63, 3.8) is 0 Å². The Bertz CT molecular complexity index is 336. The first-order valence-corrected chi connectivity index (χ1v) is 4.45. The van der Waals surface area contributed by atoms with E-state index in [2.05, 4.69) is 15.3 Å². The van der Waals surface area contributed by atoms with Crippen molar-refractivity contribution < 1.29 is 28.8 Å². The molecule has 8 heteroatoms. The lowest BCUT2D eigenvalue weighted by Gasteiger charge is -2.15. The van der Waals surface area contributed by atoms with Crippen LogP contribution in [0.2, 0.25) is 0 Å². The second-order valence-electron chi connectivity index (χ2n) is 3.07. The molecule has 1 aliphatic rings. The van der Waals surface area contributed by atoms with Crippen molar-refractivity contribution in [2.45, 2.75) is 25.9 Å². The molecule has 0 saturated carbocycles. The normalized spacial score (nSPS) is 17.2. The Morgan fingerprint density at radius 3 is 2.25 bits per heavy atom. The molecule has 2 N–H and O–H groups in total. The van der Waals surface area contributed by atoms with Crippen LogP contribution >= 0.6 is 0 Å². The van der Waals surface area contributed by atoms with E-state index in [1.165, 1.54) is 6.92 Å². The highest BCUT2D eigenvalue weighted by molar-refractivity contribution is 6.01. The third-order valence-electron chi connectivity index (χ3n) is 1.81. The van der Waals surface area contributed by atoms with E-state index in [4.69, 9.17) is 0 Å². The molecule has 1 atom stereocenters. The third-order valence-corrected chi connectivity index (χ3v) is 1.81. The Hall–Kier alpha value is -2.12. The van der Waals surface area contributed by atoms with Gasteiger partial charge in [-0.25, -0.2) is 9.59 Å². The Labute approximate surface area is 90.2 Å². The molecule has 0 radical (unpaired) electrons. The minimum Gasteiger partial charge on any atom is -0.435 e. The Kier molecular flexibility index (Phi) is 3.44. The fourth-order valence-electron chi connectivity index (χ4n) is 1.04. The van der Waals surface area contributed by atoms with Crippen LogP contribution in [0.25, 0.3) is 0 Å². The SMILES string of the molecule is CC(OC(N)=O)C(=O)ON1C(=O)CCC1=O. The number of hydrogen-bond donors (Lipinski definition) is 1. The van der Waals surface area contributed by atoms with Gasteiger partial charge < -0.3 is 15.3 Å². The maximum atomic E-state index is 11.2. The molecule has 1 fully saturated rings. The number of imide groups is 1. The van der Waals surface area contributed by atoms with Gasteiger partial charge >= 0.3 is 12.1 Å². The van der Waals surface area contributed by atoms with E-state index in [-0.39, 0.29) is 12.8 Å². The van der Waals surface area contributed by atoms with Gasteiger partial charge in [0.15, 0.2) is 6.10 Å². The standard InChI is InChI=1S/C8H10N2O6/c1-4(15-8(9)14)7(13)16-10-5(11)2-3-6(10)12/h4H,2-3H2,1H3,(H2,9,14). The second kappa shape index (κ2) is 4.60. The van der Waals surface area contributed by atoms with Gasteiger partial charge in [-0.1, -0.05) is 0 Å². The molecule has 0 spiro atoms. The van der Waals surface area contributed by atoms with Crippen LogP contribution in [0.5, 0.6) is 0 Å². The maximum absolute atomic E-state index is 11.2. The average Bonchev–Trinajstić information content (AvgIpc) is 2.48. The van der Waals surface area contributed by atoms with Crippen LogP contribution in [-0.4, -0.2) is 35.0 Å². The molecule has 1 aliphatic heterocycles. The van der Waals surface area contributed by atoms with E-state index in [0.717, 1.165) is 0 Å². The zero-order valence-electron chi connectivity index (χ0n) is 8.47. The first-order valence-electron chi connectivity index (χ1n) is 4.45. The van der Waals surface area contributed by atoms with E-state index in [1.807, 2.05) is 0 Å². The fraction of sp³-hybridized carbons (Fsp3) is 0.500. The molecule has 1 rings (SSSR count). The smallest absolute Gasteiger partial charge is 0.405 e. The van der Waals surface area contributed by atoms with E-state index < -0.39 is 30.0 Å². The van der Waals surface area contributed by atoms with Crippen LogP contribution < -0.4 is 5.73 Å². The van der Waals surface area contributed by atoms with Crippen LogP contribution in [0, 0.1) is 0 Å². The topological polar surface area (TPSA) is 116 Å². The molecule has 88 valence electrons. The first-order chi connectivity index (χ1) is 7.41. The van der Waals surface area contributed by atoms with Gasteiger partial charge in [-0.3, -0.25) is 9.59 Å². The van der Waals surface area contributed by atoms with Gasteiger partial charge in [-0.05, 0) is 6.92 Å². The van der Waals surface area contributed by atoms with Gasteiger partial charge in [0, 0.05) is 12.8 Å². The number of hydroxylamine groups is 2. The third kappa shape index (κ3) is 2.69. The summed E-state index contributed by atoms with van der Waals surface area (Å²) in [7, 11) is 0. The molecular weight excluding hydrogens is 220 g/mol. The van der Waals surface area contributed by atoms with E-state index in [1.54, 1.807) is 0 Å². The molecule has 0 bridgehead atoms.